The Balaban J connectivity index is 3.07. The van der Waals surface area contributed by atoms with Crippen LogP contribution in [0.15, 0.2) is 0 Å². The van der Waals surface area contributed by atoms with Crippen LogP contribution in [0.1, 0.15) is 26.7 Å². The predicted octanol–water partition coefficient (Wildman–Crippen LogP) is 0.735. The maximum atomic E-state index is 11.5. The fourth-order valence-electron chi connectivity index (χ4n) is 2.33. The molecule has 0 saturated heterocycles. The number of likely N-dealkylation sites (N-methyl/N-ethyl adjacent to an activating group) is 1. The molecule has 1 rings (SSSR count). The van der Waals surface area contributed by atoms with E-state index in [2.05, 4.69) is 0 Å². The largest absolute Gasteiger partial charge is 0.479 e. The summed E-state index contributed by atoms with van der Waals surface area (Å²) < 4.78 is 5.03. The zero-order chi connectivity index (χ0) is 12.3. The first-order chi connectivity index (χ1) is 7.50. The van der Waals surface area contributed by atoms with Gasteiger partial charge < -0.3 is 14.7 Å². The Kier molecular flexibility index (Phi) is 3.91. The molecule has 0 aromatic carbocycles. The molecule has 0 radical (unpaired) electrons. The second kappa shape index (κ2) is 4.82. The highest BCUT2D eigenvalue weighted by Crippen LogP contribution is 2.43. The third-order valence-corrected chi connectivity index (χ3v) is 3.17. The molecule has 1 unspecified atom stereocenters. The lowest BCUT2D eigenvalue weighted by atomic mass is 9.91. The first-order valence-electron chi connectivity index (χ1n) is 5.51. The van der Waals surface area contributed by atoms with E-state index in [0.717, 1.165) is 12.8 Å². The van der Waals surface area contributed by atoms with Gasteiger partial charge in [-0.2, -0.15) is 0 Å². The Morgan fingerprint density at radius 3 is 2.31 bits per heavy atom. The highest BCUT2D eigenvalue weighted by molar-refractivity contribution is 5.87. The van der Waals surface area contributed by atoms with Crippen molar-refractivity contribution < 1.29 is 19.4 Å². The van der Waals surface area contributed by atoms with Gasteiger partial charge in [-0.15, -0.1) is 0 Å². The van der Waals surface area contributed by atoms with Gasteiger partial charge in [0.05, 0.1) is 6.61 Å². The monoisotopic (exact) mass is 229 g/mol. The summed E-state index contributed by atoms with van der Waals surface area (Å²) in [6.45, 7) is 3.64. The van der Waals surface area contributed by atoms with Gasteiger partial charge in [0.25, 0.3) is 0 Å². The molecule has 0 aromatic heterocycles. The van der Waals surface area contributed by atoms with Crippen molar-refractivity contribution >= 4 is 11.9 Å². The number of rotatable bonds is 6. The van der Waals surface area contributed by atoms with Crippen molar-refractivity contribution in [2.24, 2.45) is 5.92 Å². The second-order valence-electron chi connectivity index (χ2n) is 4.20. The molecule has 0 spiro atoms. The highest BCUT2D eigenvalue weighted by atomic mass is 16.5. The number of carbonyl (C=O) groups excluding carboxylic acids is 1. The number of carboxylic acid groups (broad SMARTS) is 1. The third kappa shape index (κ3) is 2.04. The first kappa shape index (κ1) is 13.0. The van der Waals surface area contributed by atoms with Crippen LogP contribution in [0, 0.1) is 5.92 Å². The van der Waals surface area contributed by atoms with E-state index in [1.807, 2.05) is 0 Å². The number of aliphatic carboxylic acids is 1. The van der Waals surface area contributed by atoms with Crippen molar-refractivity contribution in [3.05, 3.63) is 0 Å². The predicted molar refractivity (Wildman–Crippen MR) is 58.0 cm³/mol. The average molecular weight is 229 g/mol. The Morgan fingerprint density at radius 2 is 2.06 bits per heavy atom. The summed E-state index contributed by atoms with van der Waals surface area (Å²) in [4.78, 5) is 24.5. The molecule has 5 nitrogen and oxygen atoms in total. The van der Waals surface area contributed by atoms with Crippen molar-refractivity contribution in [2.75, 3.05) is 20.3 Å². The van der Waals surface area contributed by atoms with E-state index in [1.54, 1.807) is 6.92 Å². The van der Waals surface area contributed by atoms with Crippen LogP contribution in [-0.2, 0) is 14.3 Å². The summed E-state index contributed by atoms with van der Waals surface area (Å²) in [5.74, 6) is -1.16. The van der Waals surface area contributed by atoms with Gasteiger partial charge in [-0.1, -0.05) is 0 Å². The molecule has 5 heteroatoms. The quantitative estimate of drug-likeness (QED) is 0.729. The van der Waals surface area contributed by atoms with E-state index in [1.165, 1.54) is 18.9 Å². The number of carbonyl (C=O) groups is 2. The lowest BCUT2D eigenvalue weighted by Crippen LogP contribution is -2.61. The summed E-state index contributed by atoms with van der Waals surface area (Å²) in [7, 11) is 1.47. The topological polar surface area (TPSA) is 66.8 Å². The van der Waals surface area contributed by atoms with E-state index < -0.39 is 11.5 Å². The van der Waals surface area contributed by atoms with Crippen LogP contribution < -0.4 is 0 Å². The molecule has 1 aliphatic carbocycles. The number of hydrogen-bond acceptors (Lipinski definition) is 3. The van der Waals surface area contributed by atoms with Gasteiger partial charge in [0, 0.05) is 20.6 Å². The minimum absolute atomic E-state index is 0.0220. The maximum absolute atomic E-state index is 11.5. The molecule has 0 bridgehead atoms. The normalized spacial score (nSPS) is 18.9. The fraction of sp³-hybridized carbons (Fsp3) is 0.818. The van der Waals surface area contributed by atoms with E-state index in [-0.39, 0.29) is 18.4 Å². The fourth-order valence-corrected chi connectivity index (χ4v) is 2.33. The smallest absolute Gasteiger partial charge is 0.332 e. The molecular formula is C11H19NO4. The van der Waals surface area contributed by atoms with E-state index in [0.29, 0.717) is 6.54 Å². The molecule has 92 valence electrons. The van der Waals surface area contributed by atoms with Gasteiger partial charge in [0.1, 0.15) is 0 Å². The van der Waals surface area contributed by atoms with Crippen LogP contribution in [0.3, 0.4) is 0 Å². The van der Waals surface area contributed by atoms with Crippen LogP contribution >= 0.6 is 0 Å². The Morgan fingerprint density at radius 1 is 1.50 bits per heavy atom. The molecule has 0 aromatic rings. The van der Waals surface area contributed by atoms with Crippen LogP contribution in [0.2, 0.25) is 0 Å². The molecule has 1 amide bonds. The Hall–Kier alpha value is -1.10. The molecular weight excluding hydrogens is 210 g/mol. The molecule has 1 atom stereocenters. The van der Waals surface area contributed by atoms with E-state index in [9.17, 15) is 14.7 Å². The number of carboxylic acids is 1. The van der Waals surface area contributed by atoms with Crippen molar-refractivity contribution in [1.82, 2.24) is 4.90 Å². The lowest BCUT2D eigenvalue weighted by Gasteiger charge is -2.39. The van der Waals surface area contributed by atoms with Crippen LogP contribution in [0.25, 0.3) is 0 Å². The number of ether oxygens (including phenoxy) is 1. The van der Waals surface area contributed by atoms with Crippen molar-refractivity contribution in [3.8, 4) is 0 Å². The van der Waals surface area contributed by atoms with Gasteiger partial charge in [-0.3, -0.25) is 4.79 Å². The summed E-state index contributed by atoms with van der Waals surface area (Å²) in [6.07, 6.45) is 1.69. The minimum Gasteiger partial charge on any atom is -0.479 e. The number of hydrogen-bond donors (Lipinski definition) is 1. The molecule has 1 N–H and O–H groups in total. The minimum atomic E-state index is -1.17. The summed E-state index contributed by atoms with van der Waals surface area (Å²) >= 11 is 0. The number of methoxy groups -OCH3 is 1. The molecule has 0 aliphatic heterocycles. The van der Waals surface area contributed by atoms with Crippen molar-refractivity contribution in [3.63, 3.8) is 0 Å². The molecule has 1 fully saturated rings. The molecule has 1 saturated carbocycles. The molecule has 0 heterocycles. The third-order valence-electron chi connectivity index (χ3n) is 3.17. The summed E-state index contributed by atoms with van der Waals surface area (Å²) in [5.41, 5.74) is -1.17. The Labute approximate surface area is 95.4 Å². The zero-order valence-corrected chi connectivity index (χ0v) is 10.0. The van der Waals surface area contributed by atoms with E-state index in [4.69, 9.17) is 4.74 Å². The number of nitrogens with zero attached hydrogens (tertiary/aromatic N) is 1. The summed E-state index contributed by atoms with van der Waals surface area (Å²) in [5, 5.41) is 9.44. The Bertz CT molecular complexity index is 288. The first-order valence-corrected chi connectivity index (χ1v) is 5.51. The standard InChI is InChI=1S/C11H19NO4/c1-4-12(8(2)13)11(7-16-3,10(14)15)9-5-6-9/h9H,4-7H2,1-3H3,(H,14,15). The summed E-state index contributed by atoms with van der Waals surface area (Å²) in [6, 6.07) is 0. The maximum Gasteiger partial charge on any atom is 0.332 e. The van der Waals surface area contributed by atoms with Gasteiger partial charge in [-0.05, 0) is 25.7 Å². The zero-order valence-electron chi connectivity index (χ0n) is 10.0. The van der Waals surface area contributed by atoms with Gasteiger partial charge in [-0.25, -0.2) is 4.79 Å². The lowest BCUT2D eigenvalue weighted by molar-refractivity contribution is -0.164. The van der Waals surface area contributed by atoms with Crippen LogP contribution in [0.5, 0.6) is 0 Å². The van der Waals surface area contributed by atoms with Gasteiger partial charge in [0.2, 0.25) is 5.91 Å². The molecule has 16 heavy (non-hydrogen) atoms. The van der Waals surface area contributed by atoms with Gasteiger partial charge >= 0.3 is 5.97 Å². The van der Waals surface area contributed by atoms with Crippen LogP contribution in [-0.4, -0.2) is 47.7 Å². The van der Waals surface area contributed by atoms with Crippen molar-refractivity contribution in [2.45, 2.75) is 32.2 Å². The highest BCUT2D eigenvalue weighted by Gasteiger charge is 2.56. The number of amides is 1. The van der Waals surface area contributed by atoms with Crippen molar-refractivity contribution in [1.29, 1.82) is 0 Å². The molecule has 1 aliphatic rings. The SMILES string of the molecule is CCN(C(C)=O)C(COC)(C(=O)O)C1CC1. The second-order valence-corrected chi connectivity index (χ2v) is 4.20. The average Bonchev–Trinajstić information content (AvgIpc) is 2.99. The van der Waals surface area contributed by atoms with Gasteiger partial charge in [0.15, 0.2) is 5.54 Å². The van der Waals surface area contributed by atoms with E-state index >= 15 is 0 Å². The van der Waals surface area contributed by atoms with Crippen LogP contribution in [0.4, 0.5) is 0 Å².